The van der Waals surface area contributed by atoms with Crippen LogP contribution >= 0.6 is 0 Å². The predicted octanol–water partition coefficient (Wildman–Crippen LogP) is 0.364. The Morgan fingerprint density at radius 2 is 2.38 bits per heavy atom. The highest BCUT2D eigenvalue weighted by atomic mass is 16.3. The number of aromatic nitrogens is 1. The third-order valence-electron chi connectivity index (χ3n) is 3.21. The second-order valence-electron chi connectivity index (χ2n) is 4.17. The lowest BCUT2D eigenvalue weighted by Gasteiger charge is -2.27. The van der Waals surface area contributed by atoms with E-state index in [4.69, 9.17) is 5.73 Å². The number of fused-ring (bicyclic) bond motifs is 1. The number of aryl methyl sites for hydroxylation is 1. The van der Waals surface area contributed by atoms with Gasteiger partial charge in [0, 0.05) is 19.4 Å². The topological polar surface area (TPSA) is 51.2 Å². The molecule has 3 nitrogen and oxygen atoms in total. The summed E-state index contributed by atoms with van der Waals surface area (Å²) >= 11 is 0. The zero-order chi connectivity index (χ0) is 9.64. The summed E-state index contributed by atoms with van der Waals surface area (Å²) in [6, 6.07) is 0. The van der Waals surface area contributed by atoms with Gasteiger partial charge in [0.1, 0.15) is 0 Å². The van der Waals surface area contributed by atoms with Crippen molar-refractivity contribution in [1.82, 2.24) is 4.57 Å². The fourth-order valence-corrected chi connectivity index (χ4v) is 2.24. The molecule has 3 N–H and O–H groups in total. The van der Waals surface area contributed by atoms with Crippen LogP contribution in [0.4, 0.5) is 0 Å². The van der Waals surface area contributed by atoms with E-state index in [1.54, 1.807) is 0 Å². The van der Waals surface area contributed by atoms with Crippen molar-refractivity contribution in [3.8, 4) is 0 Å². The fraction of sp³-hybridized carbons (Fsp3) is 0.600. The summed E-state index contributed by atoms with van der Waals surface area (Å²) in [4.78, 5) is 0. The Morgan fingerprint density at radius 3 is 3.00 bits per heavy atom. The van der Waals surface area contributed by atoms with Gasteiger partial charge in [-0.15, -0.1) is 0 Å². The van der Waals surface area contributed by atoms with E-state index < -0.39 is 5.54 Å². The monoisotopic (exact) mass is 180 g/mol. The van der Waals surface area contributed by atoms with Crippen LogP contribution in [0.2, 0.25) is 0 Å². The van der Waals surface area contributed by atoms with Gasteiger partial charge in [-0.1, -0.05) is 6.92 Å². The molecule has 0 aromatic carbocycles. The van der Waals surface area contributed by atoms with Crippen molar-refractivity contribution in [2.75, 3.05) is 6.61 Å². The molecule has 2 unspecified atom stereocenters. The summed E-state index contributed by atoms with van der Waals surface area (Å²) in [7, 11) is 1.99. The minimum absolute atomic E-state index is 0.0329. The van der Waals surface area contributed by atoms with Gasteiger partial charge in [-0.3, -0.25) is 0 Å². The molecule has 1 heterocycles. The molecule has 0 amide bonds. The molecule has 1 aliphatic rings. The van der Waals surface area contributed by atoms with Gasteiger partial charge in [0.05, 0.1) is 12.1 Å². The molecule has 0 spiro atoms. The zero-order valence-corrected chi connectivity index (χ0v) is 8.12. The third-order valence-corrected chi connectivity index (χ3v) is 3.21. The van der Waals surface area contributed by atoms with E-state index in [0.717, 1.165) is 12.0 Å². The van der Waals surface area contributed by atoms with Gasteiger partial charge in [-0.25, -0.2) is 0 Å². The molecule has 3 heteroatoms. The number of aliphatic hydroxyl groups is 1. The van der Waals surface area contributed by atoms with Crippen LogP contribution in [0.5, 0.6) is 0 Å². The maximum absolute atomic E-state index is 9.32. The standard InChI is InChI=1S/C10H16N2O/c1-7-3-8-4-12(2)5-9(8)10(7,11)6-13/h4-5,7,13H,3,6,11H2,1-2H3. The van der Waals surface area contributed by atoms with E-state index in [2.05, 4.69) is 13.1 Å². The average Bonchev–Trinajstić information content (AvgIpc) is 2.53. The van der Waals surface area contributed by atoms with E-state index in [-0.39, 0.29) is 6.61 Å². The van der Waals surface area contributed by atoms with Crippen LogP contribution in [0, 0.1) is 5.92 Å². The Morgan fingerprint density at radius 1 is 1.69 bits per heavy atom. The van der Waals surface area contributed by atoms with Gasteiger partial charge in [0.25, 0.3) is 0 Å². The van der Waals surface area contributed by atoms with E-state index in [0.29, 0.717) is 5.92 Å². The van der Waals surface area contributed by atoms with Crippen LogP contribution in [0.15, 0.2) is 12.4 Å². The molecule has 2 atom stereocenters. The number of aliphatic hydroxyl groups excluding tert-OH is 1. The maximum atomic E-state index is 9.32. The van der Waals surface area contributed by atoms with Crippen LogP contribution in [-0.4, -0.2) is 16.3 Å². The van der Waals surface area contributed by atoms with Crippen LogP contribution in [0.1, 0.15) is 18.1 Å². The lowest BCUT2D eigenvalue weighted by Crippen LogP contribution is -2.43. The highest BCUT2D eigenvalue weighted by molar-refractivity contribution is 5.38. The molecule has 0 radical (unpaired) electrons. The minimum Gasteiger partial charge on any atom is -0.394 e. The van der Waals surface area contributed by atoms with Crippen molar-refractivity contribution in [3.63, 3.8) is 0 Å². The predicted molar refractivity (Wildman–Crippen MR) is 51.2 cm³/mol. The summed E-state index contributed by atoms with van der Waals surface area (Å²) in [6.45, 7) is 2.13. The molecule has 0 saturated heterocycles. The van der Waals surface area contributed by atoms with Crippen molar-refractivity contribution in [2.24, 2.45) is 18.7 Å². The lowest BCUT2D eigenvalue weighted by atomic mass is 9.87. The normalized spacial score (nSPS) is 32.2. The van der Waals surface area contributed by atoms with Gasteiger partial charge in [0.15, 0.2) is 0 Å². The Kier molecular flexibility index (Phi) is 1.75. The van der Waals surface area contributed by atoms with E-state index in [1.165, 1.54) is 5.56 Å². The number of hydrogen-bond donors (Lipinski definition) is 2. The first-order valence-electron chi connectivity index (χ1n) is 4.63. The zero-order valence-electron chi connectivity index (χ0n) is 8.12. The van der Waals surface area contributed by atoms with Gasteiger partial charge in [-0.2, -0.15) is 0 Å². The van der Waals surface area contributed by atoms with Gasteiger partial charge in [-0.05, 0) is 23.5 Å². The van der Waals surface area contributed by atoms with E-state index in [1.807, 2.05) is 17.8 Å². The molecule has 0 saturated carbocycles. The van der Waals surface area contributed by atoms with Crippen molar-refractivity contribution < 1.29 is 5.11 Å². The van der Waals surface area contributed by atoms with Crippen LogP contribution < -0.4 is 5.73 Å². The first kappa shape index (κ1) is 8.78. The molecule has 0 fully saturated rings. The Balaban J connectivity index is 2.50. The van der Waals surface area contributed by atoms with Crippen LogP contribution in [0.3, 0.4) is 0 Å². The Bertz CT molecular complexity index is 332. The van der Waals surface area contributed by atoms with Crippen molar-refractivity contribution in [3.05, 3.63) is 23.5 Å². The second-order valence-corrected chi connectivity index (χ2v) is 4.17. The summed E-state index contributed by atoms with van der Waals surface area (Å²) in [5, 5.41) is 9.32. The lowest BCUT2D eigenvalue weighted by molar-refractivity contribution is 0.159. The molecule has 13 heavy (non-hydrogen) atoms. The molecule has 0 aliphatic heterocycles. The first-order chi connectivity index (χ1) is 6.08. The summed E-state index contributed by atoms with van der Waals surface area (Å²) < 4.78 is 2.01. The highest BCUT2D eigenvalue weighted by Gasteiger charge is 2.41. The van der Waals surface area contributed by atoms with E-state index >= 15 is 0 Å². The summed E-state index contributed by atoms with van der Waals surface area (Å²) in [6.07, 6.45) is 5.10. The van der Waals surface area contributed by atoms with E-state index in [9.17, 15) is 5.11 Å². The quantitative estimate of drug-likeness (QED) is 0.655. The SMILES string of the molecule is CC1Cc2cn(C)cc2C1(N)CO. The molecular formula is C10H16N2O. The fourth-order valence-electron chi connectivity index (χ4n) is 2.24. The number of rotatable bonds is 1. The van der Waals surface area contributed by atoms with Crippen molar-refractivity contribution >= 4 is 0 Å². The average molecular weight is 180 g/mol. The largest absolute Gasteiger partial charge is 0.394 e. The smallest absolute Gasteiger partial charge is 0.0690 e. The maximum Gasteiger partial charge on any atom is 0.0690 e. The molecule has 72 valence electrons. The summed E-state index contributed by atoms with van der Waals surface area (Å²) in [5.74, 6) is 0.337. The van der Waals surface area contributed by atoms with Crippen molar-refractivity contribution in [1.29, 1.82) is 0 Å². The van der Waals surface area contributed by atoms with Crippen LogP contribution in [0.25, 0.3) is 0 Å². The number of hydrogen-bond acceptors (Lipinski definition) is 2. The number of nitrogens with zero attached hydrogens (tertiary/aromatic N) is 1. The molecule has 0 bridgehead atoms. The number of nitrogens with two attached hydrogens (primary N) is 1. The third kappa shape index (κ3) is 1.04. The molecular weight excluding hydrogens is 164 g/mol. The molecule has 1 aliphatic carbocycles. The Hall–Kier alpha value is -0.800. The van der Waals surface area contributed by atoms with Gasteiger partial charge in [0.2, 0.25) is 0 Å². The van der Waals surface area contributed by atoms with Crippen molar-refractivity contribution in [2.45, 2.75) is 18.9 Å². The Labute approximate surface area is 78.2 Å². The molecule has 1 aromatic rings. The second kappa shape index (κ2) is 2.59. The van der Waals surface area contributed by atoms with Gasteiger partial charge >= 0.3 is 0 Å². The molecule has 1 aromatic heterocycles. The van der Waals surface area contributed by atoms with Gasteiger partial charge < -0.3 is 15.4 Å². The van der Waals surface area contributed by atoms with Crippen LogP contribution in [-0.2, 0) is 19.0 Å². The first-order valence-corrected chi connectivity index (χ1v) is 4.63. The molecule has 2 rings (SSSR count). The minimum atomic E-state index is -0.517. The summed E-state index contributed by atoms with van der Waals surface area (Å²) in [5.41, 5.74) is 8.05. The highest BCUT2D eigenvalue weighted by Crippen LogP contribution is 2.39.